The maximum Gasteiger partial charge on any atom is 0.261 e. The fraction of sp³-hybridized carbons (Fsp3) is 0.447. The molecule has 240 valence electrons. The second-order valence-corrected chi connectivity index (χ2v) is 14.3. The van der Waals surface area contributed by atoms with Crippen LogP contribution in [0.4, 0.5) is 10.1 Å². The van der Waals surface area contributed by atoms with Crippen molar-refractivity contribution in [2.24, 2.45) is 28.2 Å². The molecule has 7 nitrogen and oxygen atoms in total. The molecule has 3 saturated carbocycles. The van der Waals surface area contributed by atoms with E-state index in [4.69, 9.17) is 9.98 Å². The predicted molar refractivity (Wildman–Crippen MR) is 184 cm³/mol. The normalized spacial score (nSPS) is 25.7. The third-order valence-electron chi connectivity index (χ3n) is 11.1. The number of halogens is 1. The summed E-state index contributed by atoms with van der Waals surface area (Å²) < 4.78 is 15.3. The van der Waals surface area contributed by atoms with E-state index < -0.39 is 0 Å². The van der Waals surface area contributed by atoms with Crippen LogP contribution in [0, 0.1) is 29.0 Å². The molecular formula is C38H45FN6O. The third kappa shape index (κ3) is 5.83. The van der Waals surface area contributed by atoms with Crippen molar-refractivity contribution in [3.05, 3.63) is 94.5 Å². The molecular weight excluding hydrogens is 575 g/mol. The summed E-state index contributed by atoms with van der Waals surface area (Å²) in [5.74, 6) is 3.33. The molecule has 1 aliphatic heterocycles. The summed E-state index contributed by atoms with van der Waals surface area (Å²) in [5.41, 5.74) is 3.58. The van der Waals surface area contributed by atoms with Gasteiger partial charge >= 0.3 is 0 Å². The fourth-order valence-corrected chi connectivity index (χ4v) is 8.13. The summed E-state index contributed by atoms with van der Waals surface area (Å²) in [6.45, 7) is 12.6. The lowest BCUT2D eigenvalue weighted by molar-refractivity contribution is -0.112. The Bertz CT molecular complexity index is 1800. The van der Waals surface area contributed by atoms with Gasteiger partial charge in [-0.25, -0.2) is 14.4 Å². The molecule has 0 spiro atoms. The van der Waals surface area contributed by atoms with Crippen molar-refractivity contribution >= 4 is 22.5 Å². The van der Waals surface area contributed by atoms with Gasteiger partial charge in [-0.05, 0) is 85.3 Å². The smallest absolute Gasteiger partial charge is 0.261 e. The van der Waals surface area contributed by atoms with Crippen molar-refractivity contribution in [1.29, 1.82) is 0 Å². The summed E-state index contributed by atoms with van der Waals surface area (Å²) >= 11 is 0. The van der Waals surface area contributed by atoms with Crippen LogP contribution in [0.2, 0.25) is 0 Å². The van der Waals surface area contributed by atoms with Gasteiger partial charge in [0.05, 0.1) is 16.6 Å². The van der Waals surface area contributed by atoms with Gasteiger partial charge in [0.1, 0.15) is 11.6 Å². The molecule has 1 aromatic heterocycles. The molecule has 4 fully saturated rings. The second-order valence-electron chi connectivity index (χ2n) is 14.3. The average Bonchev–Trinajstić information content (AvgIpc) is 3.05. The molecule has 2 N–H and O–H groups in total. The lowest BCUT2D eigenvalue weighted by atomic mass is 9.45. The van der Waals surface area contributed by atoms with Crippen LogP contribution in [0.25, 0.3) is 22.3 Å². The summed E-state index contributed by atoms with van der Waals surface area (Å²) in [6, 6.07) is 22.8. The van der Waals surface area contributed by atoms with E-state index in [-0.39, 0.29) is 11.4 Å². The molecule has 4 aromatic rings. The number of nitrogens with one attached hydrogen (secondary N) is 2. The Morgan fingerprint density at radius 1 is 1.07 bits per heavy atom. The highest BCUT2D eigenvalue weighted by Gasteiger charge is 2.56. The Kier molecular flexibility index (Phi) is 8.17. The number of aryl methyl sites for hydroxylation is 1. The number of fused-ring (bicyclic) bond motifs is 3. The minimum atomic E-state index is -0.268. The van der Waals surface area contributed by atoms with Crippen LogP contribution in [-0.2, 0) is 13.0 Å². The molecule has 0 radical (unpaired) electrons. The van der Waals surface area contributed by atoms with E-state index in [1.165, 1.54) is 25.0 Å². The van der Waals surface area contributed by atoms with Crippen LogP contribution in [0.3, 0.4) is 0 Å². The number of rotatable bonds is 6. The minimum absolute atomic E-state index is 0.0892. The number of guanidine groups is 1. The number of hydrogen-bond acceptors (Lipinski definition) is 4. The monoisotopic (exact) mass is 620 g/mol. The van der Waals surface area contributed by atoms with Gasteiger partial charge in [0.25, 0.3) is 5.56 Å². The van der Waals surface area contributed by atoms with Crippen LogP contribution >= 0.6 is 0 Å². The molecule has 8 rings (SSSR count). The van der Waals surface area contributed by atoms with Gasteiger partial charge in [0.15, 0.2) is 5.96 Å². The van der Waals surface area contributed by atoms with Gasteiger partial charge < -0.3 is 15.5 Å². The minimum Gasteiger partial charge on any atom is -0.353 e. The first-order chi connectivity index (χ1) is 22.2. The molecule has 0 amide bonds. The van der Waals surface area contributed by atoms with Gasteiger partial charge in [-0.2, -0.15) is 0 Å². The number of benzene rings is 3. The maximum atomic E-state index is 14.0. The highest BCUT2D eigenvalue weighted by Crippen LogP contribution is 2.61. The van der Waals surface area contributed by atoms with Crippen molar-refractivity contribution in [3.63, 3.8) is 0 Å². The summed E-state index contributed by atoms with van der Waals surface area (Å²) in [4.78, 5) is 26.7. The highest BCUT2D eigenvalue weighted by atomic mass is 19.1. The van der Waals surface area contributed by atoms with Gasteiger partial charge in [0.2, 0.25) is 0 Å². The Morgan fingerprint density at radius 2 is 1.85 bits per heavy atom. The van der Waals surface area contributed by atoms with E-state index >= 15 is 0 Å². The molecule has 1 saturated heterocycles. The van der Waals surface area contributed by atoms with Crippen molar-refractivity contribution in [2.45, 2.75) is 65.6 Å². The lowest BCUT2D eigenvalue weighted by Gasteiger charge is -2.62. The first-order valence-corrected chi connectivity index (χ1v) is 16.9. The Morgan fingerprint density at radius 3 is 2.57 bits per heavy atom. The van der Waals surface area contributed by atoms with Crippen molar-refractivity contribution < 1.29 is 4.39 Å². The van der Waals surface area contributed by atoms with E-state index in [1.807, 2.05) is 48.5 Å². The molecule has 3 aromatic carbocycles. The van der Waals surface area contributed by atoms with Crippen molar-refractivity contribution in [2.75, 3.05) is 19.6 Å². The van der Waals surface area contributed by atoms with E-state index in [1.54, 1.807) is 16.7 Å². The molecule has 5 atom stereocenters. The standard InChI is InChI=1S/C38H45FN6O/c1-24-23-44(19-17-40-24)37(43-33-21-28-20-32(25(33)2)38(28,3)4)41-30-14-15-31-34(22-30)42-35(27-8-6-5-7-9-27)45(36(31)46)18-16-26-10-12-29(39)13-11-26/h5-15,22,24-25,28,32-33,40H,16-21,23H2,1-4H3,(H,41,43)/t24-,25+,28-,32-,33-/m0/s1. The molecule has 46 heavy (non-hydrogen) atoms. The van der Waals surface area contributed by atoms with E-state index in [0.29, 0.717) is 53.1 Å². The summed E-state index contributed by atoms with van der Waals surface area (Å²) in [5, 5.41) is 8.04. The van der Waals surface area contributed by atoms with Crippen LogP contribution < -0.4 is 16.2 Å². The first-order valence-electron chi connectivity index (χ1n) is 16.9. The Hall–Kier alpha value is -4.04. The topological polar surface area (TPSA) is 74.5 Å². The van der Waals surface area contributed by atoms with Crippen molar-refractivity contribution in [1.82, 2.24) is 25.1 Å². The second kappa shape index (κ2) is 12.3. The van der Waals surface area contributed by atoms with E-state index in [2.05, 4.69) is 43.2 Å². The van der Waals surface area contributed by atoms with Gasteiger partial charge in [-0.15, -0.1) is 0 Å². The van der Waals surface area contributed by atoms with Gasteiger partial charge in [-0.1, -0.05) is 63.2 Å². The zero-order valence-corrected chi connectivity index (χ0v) is 27.3. The SMILES string of the molecule is C[C@H]1[C@@H](NC(=Nc2ccc3c(=O)n(CCc4ccc(F)cc4)c(-c4ccccc4)nc3c2)N2CCN[C@@H](C)C2)C[C@@H]2C[C@@H]1C2(C)C. The molecule has 8 heteroatoms. The predicted octanol–water partition coefficient (Wildman–Crippen LogP) is 6.39. The number of nitrogens with zero attached hydrogens (tertiary/aromatic N) is 4. The van der Waals surface area contributed by atoms with Crippen LogP contribution in [0.15, 0.2) is 82.6 Å². The first kappa shape index (κ1) is 30.6. The number of aromatic nitrogens is 2. The number of piperazine rings is 1. The number of aliphatic imine (C=N–C) groups is 1. The van der Waals surface area contributed by atoms with Crippen LogP contribution in [-0.4, -0.2) is 52.1 Å². The average molecular weight is 621 g/mol. The zero-order chi connectivity index (χ0) is 32.0. The fourth-order valence-electron chi connectivity index (χ4n) is 8.13. The van der Waals surface area contributed by atoms with E-state index in [9.17, 15) is 9.18 Å². The van der Waals surface area contributed by atoms with Gasteiger partial charge in [-0.3, -0.25) is 9.36 Å². The van der Waals surface area contributed by atoms with Crippen molar-refractivity contribution in [3.8, 4) is 11.4 Å². The Balaban J connectivity index is 1.25. The summed E-state index contributed by atoms with van der Waals surface area (Å²) in [7, 11) is 0. The molecule has 2 bridgehead atoms. The van der Waals surface area contributed by atoms with Crippen LogP contribution in [0.1, 0.15) is 46.1 Å². The Labute approximate surface area is 271 Å². The van der Waals surface area contributed by atoms with E-state index in [0.717, 1.165) is 54.2 Å². The maximum absolute atomic E-state index is 14.0. The van der Waals surface area contributed by atoms with Crippen LogP contribution in [0.5, 0.6) is 0 Å². The quantitative estimate of drug-likeness (QED) is 0.193. The lowest BCUT2D eigenvalue weighted by Crippen LogP contribution is -2.63. The number of hydrogen-bond donors (Lipinski definition) is 2. The molecule has 0 unspecified atom stereocenters. The third-order valence-corrected chi connectivity index (χ3v) is 11.1. The molecule has 2 heterocycles. The van der Waals surface area contributed by atoms with Gasteiger partial charge in [0, 0.05) is 43.8 Å². The highest BCUT2D eigenvalue weighted by molar-refractivity contribution is 5.87. The largest absolute Gasteiger partial charge is 0.353 e. The summed E-state index contributed by atoms with van der Waals surface area (Å²) in [6.07, 6.45) is 3.10. The molecule has 4 aliphatic rings. The molecule has 3 aliphatic carbocycles. The zero-order valence-electron chi connectivity index (χ0n) is 27.3.